The Morgan fingerprint density at radius 3 is 2.42 bits per heavy atom. The molecule has 4 nitrogen and oxygen atoms in total. The average molecular weight is 501 g/mol. The number of aliphatic hydroxyl groups excluding tert-OH is 1. The molecule has 11 unspecified atom stereocenters. The van der Waals surface area contributed by atoms with E-state index < -0.39 is 5.60 Å². The third-order valence-corrected chi connectivity index (χ3v) is 12.8. The van der Waals surface area contributed by atoms with E-state index in [2.05, 4.69) is 66.7 Å². The SMILES string of the molecule is COC(C=C(C)C)CC(C)C1CCC2(C)C3C=CC45OC(OC)C3(CCC12C)C4CCC(O)C5(C)C. The van der Waals surface area contributed by atoms with Crippen molar-refractivity contribution in [3.8, 4) is 0 Å². The van der Waals surface area contributed by atoms with Crippen LogP contribution < -0.4 is 0 Å². The summed E-state index contributed by atoms with van der Waals surface area (Å²) in [4.78, 5) is 0. The number of hydrogen-bond acceptors (Lipinski definition) is 4. The molecule has 36 heavy (non-hydrogen) atoms. The highest BCUT2D eigenvalue weighted by atomic mass is 16.7. The lowest BCUT2D eigenvalue weighted by Crippen LogP contribution is -2.65. The summed E-state index contributed by atoms with van der Waals surface area (Å²) in [5.74, 6) is 2.14. The lowest BCUT2D eigenvalue weighted by Gasteiger charge is -2.65. The van der Waals surface area contributed by atoms with Crippen LogP contribution in [0.2, 0.25) is 0 Å². The normalized spacial score (nSPS) is 50.1. The van der Waals surface area contributed by atoms with E-state index >= 15 is 0 Å². The molecule has 1 N–H and O–H groups in total. The van der Waals surface area contributed by atoms with Crippen LogP contribution in [0.3, 0.4) is 0 Å². The smallest absolute Gasteiger partial charge is 0.164 e. The molecule has 1 heterocycles. The minimum atomic E-state index is -0.437. The number of aliphatic hydroxyl groups is 1. The van der Waals surface area contributed by atoms with Crippen molar-refractivity contribution in [3.63, 3.8) is 0 Å². The first-order valence-electron chi connectivity index (χ1n) is 14.6. The van der Waals surface area contributed by atoms with E-state index in [1.165, 1.54) is 24.8 Å². The summed E-state index contributed by atoms with van der Waals surface area (Å²) in [7, 11) is 3.70. The summed E-state index contributed by atoms with van der Waals surface area (Å²) >= 11 is 0. The summed E-state index contributed by atoms with van der Waals surface area (Å²) in [5.41, 5.74) is 1.04. The maximum absolute atomic E-state index is 11.1. The maximum Gasteiger partial charge on any atom is 0.164 e. The van der Waals surface area contributed by atoms with Gasteiger partial charge < -0.3 is 19.3 Å². The Labute approximate surface area is 220 Å². The molecule has 0 amide bonds. The molecule has 0 radical (unpaired) electrons. The summed E-state index contributed by atoms with van der Waals surface area (Å²) in [6.45, 7) is 16.4. The van der Waals surface area contributed by atoms with Crippen molar-refractivity contribution in [2.24, 2.45) is 45.3 Å². The quantitative estimate of drug-likeness (QED) is 0.402. The van der Waals surface area contributed by atoms with E-state index in [9.17, 15) is 5.11 Å². The molecular weight excluding hydrogens is 448 g/mol. The molecule has 2 bridgehead atoms. The van der Waals surface area contributed by atoms with Crippen molar-refractivity contribution >= 4 is 0 Å². The molecule has 4 heteroatoms. The topological polar surface area (TPSA) is 47.9 Å². The second kappa shape index (κ2) is 8.66. The van der Waals surface area contributed by atoms with E-state index in [0.29, 0.717) is 23.7 Å². The van der Waals surface area contributed by atoms with Gasteiger partial charge in [0.1, 0.15) is 5.60 Å². The highest BCUT2D eigenvalue weighted by Crippen LogP contribution is 2.78. The van der Waals surface area contributed by atoms with E-state index in [4.69, 9.17) is 14.2 Å². The van der Waals surface area contributed by atoms with Crippen LogP contribution in [0.5, 0.6) is 0 Å². The van der Waals surface area contributed by atoms with E-state index in [1.54, 1.807) is 0 Å². The molecule has 0 aromatic rings. The van der Waals surface area contributed by atoms with Gasteiger partial charge in [0.05, 0.1) is 12.2 Å². The Bertz CT molecular complexity index is 919. The predicted octanol–water partition coefficient (Wildman–Crippen LogP) is 6.92. The third-order valence-electron chi connectivity index (χ3n) is 12.8. The molecule has 5 aliphatic rings. The predicted molar refractivity (Wildman–Crippen MR) is 144 cm³/mol. The number of rotatable bonds is 6. The van der Waals surface area contributed by atoms with Crippen LogP contribution in [0.4, 0.5) is 0 Å². The molecular formula is C32H52O4. The molecule has 5 rings (SSSR count). The molecule has 0 aromatic carbocycles. The fraction of sp³-hybridized carbons (Fsp3) is 0.875. The zero-order chi connectivity index (χ0) is 26.3. The van der Waals surface area contributed by atoms with Crippen molar-refractivity contribution in [2.45, 2.75) is 118 Å². The van der Waals surface area contributed by atoms with Gasteiger partial charge in [0.2, 0.25) is 0 Å². The van der Waals surface area contributed by atoms with Crippen LogP contribution in [0.25, 0.3) is 0 Å². The summed E-state index contributed by atoms with van der Waals surface area (Å²) in [6.07, 6.45) is 14.8. The van der Waals surface area contributed by atoms with E-state index in [-0.39, 0.29) is 40.2 Å². The Morgan fingerprint density at radius 2 is 1.78 bits per heavy atom. The number of methoxy groups -OCH3 is 2. The number of hydrogen-bond donors (Lipinski definition) is 1. The van der Waals surface area contributed by atoms with Crippen molar-refractivity contribution in [1.82, 2.24) is 0 Å². The Morgan fingerprint density at radius 1 is 1.06 bits per heavy atom. The second-order valence-electron chi connectivity index (χ2n) is 14.5. The first-order valence-corrected chi connectivity index (χ1v) is 14.6. The van der Waals surface area contributed by atoms with Crippen molar-refractivity contribution in [1.29, 1.82) is 0 Å². The standard InChI is InChI=1S/C32H52O4/c1-20(2)18-22(34-8)19-21(3)23-12-14-30(7)24-13-15-32-25(10-11-26(33)28(32,4)5)31(24,27(35-9)36-32)17-16-29(23,30)6/h13,15,18,21-27,33H,10-12,14,16-17,19H2,1-9H3. The zero-order valence-electron chi connectivity index (χ0n) is 24.4. The lowest BCUT2D eigenvalue weighted by molar-refractivity contribution is -0.225. The van der Waals surface area contributed by atoms with Gasteiger partial charge in [-0.2, -0.15) is 0 Å². The van der Waals surface area contributed by atoms with Gasteiger partial charge in [-0.05, 0) is 87.4 Å². The van der Waals surface area contributed by atoms with Crippen LogP contribution in [0, 0.1) is 45.3 Å². The van der Waals surface area contributed by atoms with Crippen LogP contribution >= 0.6 is 0 Å². The molecule has 1 saturated heterocycles. The Hall–Kier alpha value is -0.680. The van der Waals surface area contributed by atoms with Crippen molar-refractivity contribution < 1.29 is 19.3 Å². The van der Waals surface area contributed by atoms with Crippen LogP contribution in [-0.2, 0) is 14.2 Å². The van der Waals surface area contributed by atoms with Gasteiger partial charge in [-0.15, -0.1) is 0 Å². The Balaban J connectivity index is 1.52. The van der Waals surface area contributed by atoms with Crippen molar-refractivity contribution in [3.05, 3.63) is 23.8 Å². The van der Waals surface area contributed by atoms with Crippen molar-refractivity contribution in [2.75, 3.05) is 14.2 Å². The average Bonchev–Trinajstić information content (AvgIpc) is 3.19. The van der Waals surface area contributed by atoms with Crippen LogP contribution in [0.15, 0.2) is 23.8 Å². The summed E-state index contributed by atoms with van der Waals surface area (Å²) < 4.78 is 19.1. The number of allylic oxidation sites excluding steroid dienone is 2. The van der Waals surface area contributed by atoms with Gasteiger partial charge in [0.25, 0.3) is 0 Å². The molecule has 4 aliphatic carbocycles. The van der Waals surface area contributed by atoms with Gasteiger partial charge in [0.15, 0.2) is 6.29 Å². The van der Waals surface area contributed by atoms with Gasteiger partial charge >= 0.3 is 0 Å². The van der Waals surface area contributed by atoms with Gasteiger partial charge in [-0.3, -0.25) is 0 Å². The largest absolute Gasteiger partial charge is 0.392 e. The summed E-state index contributed by atoms with van der Waals surface area (Å²) in [6, 6.07) is 0. The fourth-order valence-electron chi connectivity index (χ4n) is 10.6. The van der Waals surface area contributed by atoms with Crippen LogP contribution in [0.1, 0.15) is 93.4 Å². The molecule has 1 spiro atoms. The molecule has 4 fully saturated rings. The number of ether oxygens (including phenoxy) is 3. The fourth-order valence-corrected chi connectivity index (χ4v) is 10.6. The molecule has 3 saturated carbocycles. The Kier molecular flexibility index (Phi) is 6.48. The van der Waals surface area contributed by atoms with Gasteiger partial charge in [-0.25, -0.2) is 0 Å². The summed E-state index contributed by atoms with van der Waals surface area (Å²) in [5, 5.41) is 11.1. The minimum absolute atomic E-state index is 0.00950. The molecule has 11 atom stereocenters. The van der Waals surface area contributed by atoms with E-state index in [1.807, 2.05) is 14.2 Å². The highest BCUT2D eigenvalue weighted by Gasteiger charge is 2.78. The highest BCUT2D eigenvalue weighted by molar-refractivity contribution is 5.34. The monoisotopic (exact) mass is 500 g/mol. The maximum atomic E-state index is 11.1. The zero-order valence-corrected chi connectivity index (χ0v) is 24.4. The number of fused-ring (bicyclic) bond motifs is 2. The van der Waals surface area contributed by atoms with Gasteiger partial charge in [0, 0.05) is 31.0 Å². The first-order chi connectivity index (χ1) is 16.8. The second-order valence-corrected chi connectivity index (χ2v) is 14.5. The lowest BCUT2D eigenvalue weighted by atomic mass is 9.38. The van der Waals surface area contributed by atoms with E-state index in [0.717, 1.165) is 25.7 Å². The minimum Gasteiger partial charge on any atom is -0.392 e. The molecule has 1 aliphatic heterocycles. The van der Waals surface area contributed by atoms with Crippen LogP contribution in [-0.4, -0.2) is 43.4 Å². The first kappa shape index (κ1) is 26.9. The van der Waals surface area contributed by atoms with Gasteiger partial charge in [-0.1, -0.05) is 58.4 Å². The molecule has 204 valence electrons. The molecule has 0 aromatic heterocycles. The third kappa shape index (κ3) is 3.20.